The lowest BCUT2D eigenvalue weighted by molar-refractivity contribution is -0.114. The first kappa shape index (κ1) is 25.5. The zero-order chi connectivity index (χ0) is 26.2. The number of morpholine rings is 1. The van der Waals surface area contributed by atoms with Gasteiger partial charge in [-0.15, -0.1) is 0 Å². The predicted molar refractivity (Wildman–Crippen MR) is 141 cm³/mol. The Morgan fingerprint density at radius 1 is 1.03 bits per heavy atom. The molecule has 3 aromatic carbocycles. The highest BCUT2D eigenvalue weighted by molar-refractivity contribution is 6.15. The molecule has 37 heavy (non-hydrogen) atoms. The summed E-state index contributed by atoms with van der Waals surface area (Å²) < 4.78 is 25.1. The number of ether oxygens (including phenoxy) is 2. The molecule has 190 valence electrons. The summed E-state index contributed by atoms with van der Waals surface area (Å²) in [6.45, 7) is 2.08. The van der Waals surface area contributed by atoms with Crippen molar-refractivity contribution in [1.29, 1.82) is 10.8 Å². The topological polar surface area (TPSA) is 137 Å². The van der Waals surface area contributed by atoms with Crippen molar-refractivity contribution in [2.24, 2.45) is 10.7 Å². The van der Waals surface area contributed by atoms with Crippen molar-refractivity contribution in [2.45, 2.75) is 0 Å². The van der Waals surface area contributed by atoms with Crippen molar-refractivity contribution >= 4 is 34.9 Å². The Bertz CT molecular complexity index is 1320. The Morgan fingerprint density at radius 2 is 1.73 bits per heavy atom. The molecule has 1 saturated heterocycles. The van der Waals surface area contributed by atoms with E-state index in [2.05, 4.69) is 10.3 Å². The Hall–Kier alpha value is -4.57. The summed E-state index contributed by atoms with van der Waals surface area (Å²) in [5.41, 5.74) is 8.32. The second-order valence-electron chi connectivity index (χ2n) is 8.18. The van der Waals surface area contributed by atoms with Crippen molar-refractivity contribution in [3.8, 4) is 0 Å². The molecule has 1 amide bonds. The summed E-state index contributed by atoms with van der Waals surface area (Å²) in [7, 11) is 0. The van der Waals surface area contributed by atoms with Gasteiger partial charge in [0.2, 0.25) is 11.8 Å². The molecule has 4 rings (SSSR count). The number of rotatable bonds is 7. The summed E-state index contributed by atoms with van der Waals surface area (Å²) in [5.74, 6) is -1.64. The van der Waals surface area contributed by atoms with E-state index < -0.39 is 23.6 Å². The number of nitrogens with one attached hydrogen (secondary N) is 3. The molecule has 0 bridgehead atoms. The molecule has 1 aliphatic heterocycles. The molecule has 9 nitrogen and oxygen atoms in total. The Morgan fingerprint density at radius 3 is 2.46 bits per heavy atom. The molecule has 3 aromatic rings. The number of carbonyl (C=O) groups is 1. The highest BCUT2D eigenvalue weighted by atomic mass is 19.1. The summed E-state index contributed by atoms with van der Waals surface area (Å²) in [6.07, 6.45) is 0. The fraction of sp³-hybridized carbons (Fsp3) is 0.185. The van der Waals surface area contributed by atoms with Gasteiger partial charge >= 0.3 is 0 Å². The van der Waals surface area contributed by atoms with Gasteiger partial charge in [-0.25, -0.2) is 9.38 Å². The van der Waals surface area contributed by atoms with Crippen LogP contribution in [-0.4, -0.2) is 56.4 Å². The fourth-order valence-electron chi connectivity index (χ4n) is 3.81. The lowest BCUT2D eigenvalue weighted by Crippen LogP contribution is -2.36. The van der Waals surface area contributed by atoms with Crippen molar-refractivity contribution in [3.05, 3.63) is 95.3 Å². The number of benzene rings is 3. The van der Waals surface area contributed by atoms with Gasteiger partial charge in [0.15, 0.2) is 0 Å². The van der Waals surface area contributed by atoms with E-state index in [1.54, 1.807) is 30.3 Å². The molecule has 0 radical (unpaired) electrons. The molecule has 0 atom stereocenters. The maximum Gasteiger partial charge on any atom is 0.289 e. The van der Waals surface area contributed by atoms with Crippen LogP contribution in [-0.2, 0) is 14.3 Å². The second-order valence-corrected chi connectivity index (χ2v) is 8.18. The molecule has 0 aliphatic carbocycles. The summed E-state index contributed by atoms with van der Waals surface area (Å²) >= 11 is 0. The summed E-state index contributed by atoms with van der Waals surface area (Å²) in [5, 5.41) is 19.3. The van der Waals surface area contributed by atoms with Gasteiger partial charge in [0, 0.05) is 29.9 Å². The number of anilines is 2. The van der Waals surface area contributed by atoms with Gasteiger partial charge in [0.25, 0.3) is 6.02 Å². The van der Waals surface area contributed by atoms with Gasteiger partial charge in [-0.1, -0.05) is 48.5 Å². The van der Waals surface area contributed by atoms with Gasteiger partial charge in [0.05, 0.1) is 30.2 Å². The van der Waals surface area contributed by atoms with Crippen molar-refractivity contribution in [2.75, 3.05) is 43.1 Å². The Labute approximate surface area is 213 Å². The van der Waals surface area contributed by atoms with Crippen molar-refractivity contribution in [1.82, 2.24) is 0 Å². The molecular formula is C27H27FN6O3. The number of amides is 1. The van der Waals surface area contributed by atoms with E-state index >= 15 is 0 Å². The first-order valence-electron chi connectivity index (χ1n) is 11.6. The molecule has 1 aliphatic rings. The molecule has 0 saturated carbocycles. The highest BCUT2D eigenvalue weighted by Crippen LogP contribution is 2.21. The molecular weight excluding hydrogens is 475 g/mol. The van der Waals surface area contributed by atoms with E-state index in [1.165, 1.54) is 12.1 Å². The number of hydrogen-bond donors (Lipinski definition) is 4. The van der Waals surface area contributed by atoms with Crippen LogP contribution in [0.3, 0.4) is 0 Å². The van der Waals surface area contributed by atoms with Gasteiger partial charge in [-0.2, -0.15) is 0 Å². The second kappa shape index (κ2) is 11.9. The molecule has 0 unspecified atom stereocenters. The first-order valence-corrected chi connectivity index (χ1v) is 11.6. The maximum absolute atomic E-state index is 14.6. The monoisotopic (exact) mass is 502 g/mol. The Kier molecular flexibility index (Phi) is 8.22. The van der Waals surface area contributed by atoms with Crippen LogP contribution in [0.4, 0.5) is 15.8 Å². The van der Waals surface area contributed by atoms with E-state index in [4.69, 9.17) is 26.0 Å². The number of para-hydroxylation sites is 1. The number of amidine groups is 1. The number of hydrogen-bond acceptors (Lipinski definition) is 7. The van der Waals surface area contributed by atoms with Crippen LogP contribution in [0.2, 0.25) is 0 Å². The average Bonchev–Trinajstić information content (AvgIpc) is 2.92. The normalized spacial score (nSPS) is 13.6. The lowest BCUT2D eigenvalue weighted by Gasteiger charge is -2.29. The van der Waals surface area contributed by atoms with Gasteiger partial charge in [-0.05, 0) is 24.3 Å². The van der Waals surface area contributed by atoms with E-state index in [-0.39, 0.29) is 17.8 Å². The number of nitrogens with two attached hydrogens (primary N) is 1. The molecule has 0 spiro atoms. The number of carbonyl (C=O) groups excluding carboxylic acids is 1. The molecule has 1 fully saturated rings. The smallest absolute Gasteiger partial charge is 0.289 e. The predicted octanol–water partition coefficient (Wildman–Crippen LogP) is 3.37. The minimum Gasteiger partial charge on any atom is -0.407 e. The first-order chi connectivity index (χ1) is 17.9. The van der Waals surface area contributed by atoms with Crippen molar-refractivity contribution in [3.63, 3.8) is 0 Å². The third-order valence-corrected chi connectivity index (χ3v) is 5.69. The van der Waals surface area contributed by atoms with Crippen LogP contribution in [0.5, 0.6) is 0 Å². The largest absolute Gasteiger partial charge is 0.407 e. The van der Waals surface area contributed by atoms with E-state index in [9.17, 15) is 9.18 Å². The standard InChI is InChI=1S/C27H27FN6O3/c28-22-16-19(34-12-14-36-15-13-34)10-11-20(22)26(30)37-27(31)32-17-24(35)33-23-9-5-4-8-21(23)25(29)18-6-2-1-3-7-18/h1-11,16,29-30H,12-15,17H2,(H2,31,32)(H,33,35). The van der Waals surface area contributed by atoms with Gasteiger partial charge in [0.1, 0.15) is 12.4 Å². The SMILES string of the molecule is N=C(OC(N)=NCC(=O)Nc1ccccc1C(=N)c1ccccc1)c1ccc(N2CCOCC2)cc1F. The van der Waals surface area contributed by atoms with Crippen LogP contribution >= 0.6 is 0 Å². The minimum atomic E-state index is -0.628. The maximum atomic E-state index is 14.6. The van der Waals surface area contributed by atoms with Crippen LogP contribution in [0.15, 0.2) is 77.8 Å². The quantitative estimate of drug-likeness (QED) is 0.290. The van der Waals surface area contributed by atoms with Gasteiger partial charge < -0.3 is 25.4 Å². The van der Waals surface area contributed by atoms with Crippen LogP contribution in [0.25, 0.3) is 0 Å². The zero-order valence-corrected chi connectivity index (χ0v) is 20.0. The van der Waals surface area contributed by atoms with Gasteiger partial charge in [-0.3, -0.25) is 15.6 Å². The third kappa shape index (κ3) is 6.56. The lowest BCUT2D eigenvalue weighted by atomic mass is 10.0. The molecule has 5 N–H and O–H groups in total. The molecule has 10 heteroatoms. The van der Waals surface area contributed by atoms with E-state index in [0.717, 1.165) is 0 Å². The summed E-state index contributed by atoms with van der Waals surface area (Å²) in [4.78, 5) is 18.4. The molecule has 0 aromatic heterocycles. The zero-order valence-electron chi connectivity index (χ0n) is 20.0. The summed E-state index contributed by atoms with van der Waals surface area (Å²) in [6, 6.07) is 20.2. The van der Waals surface area contributed by atoms with Crippen LogP contribution in [0.1, 0.15) is 16.7 Å². The number of aliphatic imine (C=N–C) groups is 1. The number of halogens is 1. The van der Waals surface area contributed by atoms with Crippen LogP contribution in [0, 0.1) is 16.6 Å². The molecule has 1 heterocycles. The minimum absolute atomic E-state index is 0.0760. The van der Waals surface area contributed by atoms with E-state index in [0.29, 0.717) is 48.8 Å². The fourth-order valence-corrected chi connectivity index (χ4v) is 3.81. The number of nitrogens with zero attached hydrogens (tertiary/aromatic N) is 2. The van der Waals surface area contributed by atoms with Crippen LogP contribution < -0.4 is 16.0 Å². The highest BCUT2D eigenvalue weighted by Gasteiger charge is 2.17. The van der Waals surface area contributed by atoms with E-state index in [1.807, 2.05) is 35.2 Å². The third-order valence-electron chi connectivity index (χ3n) is 5.69. The Balaban J connectivity index is 1.35. The average molecular weight is 503 g/mol. The van der Waals surface area contributed by atoms with Crippen molar-refractivity contribution < 1.29 is 18.7 Å².